The number of para-hydroxylation sites is 1. The van der Waals surface area contributed by atoms with Gasteiger partial charge in [-0.2, -0.15) is 0 Å². The lowest BCUT2D eigenvalue weighted by atomic mass is 9.84. The van der Waals surface area contributed by atoms with Crippen LogP contribution in [0.4, 0.5) is 4.79 Å². The van der Waals surface area contributed by atoms with Crippen molar-refractivity contribution in [1.82, 2.24) is 15.4 Å². The summed E-state index contributed by atoms with van der Waals surface area (Å²) >= 11 is 0. The maximum absolute atomic E-state index is 13.1. The molecular formula is C17H17N3O4. The largest absolute Gasteiger partial charge is 0.493 e. The van der Waals surface area contributed by atoms with Crippen LogP contribution in [0.2, 0.25) is 0 Å². The average molecular weight is 327 g/mol. The van der Waals surface area contributed by atoms with Crippen molar-refractivity contribution in [2.24, 2.45) is 0 Å². The van der Waals surface area contributed by atoms with Gasteiger partial charge in [-0.25, -0.2) is 4.79 Å². The predicted octanol–water partition coefficient (Wildman–Crippen LogP) is 2.02. The van der Waals surface area contributed by atoms with Gasteiger partial charge in [0.25, 0.3) is 5.91 Å². The molecule has 0 bridgehead atoms. The molecule has 4 rings (SSSR count). The van der Waals surface area contributed by atoms with Crippen LogP contribution in [0.1, 0.15) is 29.0 Å². The SMILES string of the molecule is Cc1noc(C)c1CN1C(=O)N[C@]2(CCOc3ccccc32)C1=O. The second kappa shape index (κ2) is 5.09. The maximum Gasteiger partial charge on any atom is 0.325 e. The van der Waals surface area contributed by atoms with E-state index in [0.717, 1.165) is 5.56 Å². The number of nitrogens with zero attached hydrogens (tertiary/aromatic N) is 2. The van der Waals surface area contributed by atoms with Gasteiger partial charge in [0, 0.05) is 17.5 Å². The highest BCUT2D eigenvalue weighted by Crippen LogP contribution is 2.41. The van der Waals surface area contributed by atoms with Crippen LogP contribution in [0.5, 0.6) is 5.75 Å². The highest BCUT2D eigenvalue weighted by atomic mass is 16.5. The van der Waals surface area contributed by atoms with E-state index in [9.17, 15) is 9.59 Å². The zero-order valence-electron chi connectivity index (χ0n) is 13.5. The first-order valence-corrected chi connectivity index (χ1v) is 7.81. The first-order chi connectivity index (χ1) is 11.5. The van der Waals surface area contributed by atoms with Gasteiger partial charge in [0.15, 0.2) is 5.54 Å². The first-order valence-electron chi connectivity index (χ1n) is 7.81. The third-order valence-corrected chi connectivity index (χ3v) is 4.75. The minimum absolute atomic E-state index is 0.149. The van der Waals surface area contributed by atoms with Gasteiger partial charge in [0.2, 0.25) is 0 Å². The Balaban J connectivity index is 1.73. The van der Waals surface area contributed by atoms with Gasteiger partial charge in [-0.3, -0.25) is 9.69 Å². The number of carbonyl (C=O) groups is 2. The lowest BCUT2D eigenvalue weighted by Gasteiger charge is -2.33. The average Bonchev–Trinajstić information content (AvgIpc) is 3.01. The quantitative estimate of drug-likeness (QED) is 0.853. The van der Waals surface area contributed by atoms with E-state index in [1.54, 1.807) is 13.8 Å². The molecule has 1 N–H and O–H groups in total. The van der Waals surface area contributed by atoms with E-state index in [1.165, 1.54) is 4.90 Å². The number of aromatic nitrogens is 1. The number of carbonyl (C=O) groups excluding carboxylic acids is 2. The van der Waals surface area contributed by atoms with Gasteiger partial charge in [0.1, 0.15) is 11.5 Å². The van der Waals surface area contributed by atoms with Crippen LogP contribution >= 0.6 is 0 Å². The number of imide groups is 1. The van der Waals surface area contributed by atoms with Crippen molar-refractivity contribution >= 4 is 11.9 Å². The molecule has 0 radical (unpaired) electrons. The van der Waals surface area contributed by atoms with Crippen LogP contribution in [0, 0.1) is 13.8 Å². The van der Waals surface area contributed by atoms with E-state index in [1.807, 2.05) is 24.3 Å². The molecule has 7 heteroatoms. The van der Waals surface area contributed by atoms with E-state index in [0.29, 0.717) is 35.8 Å². The Bertz CT molecular complexity index is 825. The molecule has 1 aromatic carbocycles. The monoisotopic (exact) mass is 327 g/mol. The summed E-state index contributed by atoms with van der Waals surface area (Å²) < 4.78 is 10.8. The molecule has 1 saturated heterocycles. The predicted molar refractivity (Wildman–Crippen MR) is 83.3 cm³/mol. The molecule has 1 atom stereocenters. The number of ether oxygens (including phenoxy) is 1. The van der Waals surface area contributed by atoms with E-state index in [4.69, 9.17) is 9.26 Å². The van der Waals surface area contributed by atoms with Crippen molar-refractivity contribution in [1.29, 1.82) is 0 Å². The number of rotatable bonds is 2. The number of amides is 3. The van der Waals surface area contributed by atoms with E-state index in [-0.39, 0.29) is 12.5 Å². The highest BCUT2D eigenvalue weighted by molar-refractivity contribution is 6.07. The van der Waals surface area contributed by atoms with Crippen molar-refractivity contribution in [3.05, 3.63) is 46.8 Å². The Labute approximate surface area is 138 Å². The molecule has 0 aliphatic carbocycles. The first kappa shape index (κ1) is 14.7. The third kappa shape index (κ3) is 1.94. The number of hydrogen-bond donors (Lipinski definition) is 1. The second-order valence-corrected chi connectivity index (χ2v) is 6.12. The summed E-state index contributed by atoms with van der Waals surface area (Å²) in [6.45, 7) is 4.09. The smallest absolute Gasteiger partial charge is 0.325 e. The molecule has 7 nitrogen and oxygen atoms in total. The summed E-state index contributed by atoms with van der Waals surface area (Å²) in [5, 5.41) is 6.77. The molecule has 3 amide bonds. The van der Waals surface area contributed by atoms with Crippen molar-refractivity contribution in [3.63, 3.8) is 0 Å². The number of fused-ring (bicyclic) bond motifs is 2. The number of hydrogen-bond acceptors (Lipinski definition) is 5. The molecule has 24 heavy (non-hydrogen) atoms. The van der Waals surface area contributed by atoms with Crippen LogP contribution < -0.4 is 10.1 Å². The van der Waals surface area contributed by atoms with Gasteiger partial charge < -0.3 is 14.6 Å². The summed E-state index contributed by atoms with van der Waals surface area (Å²) in [6.07, 6.45) is 0.409. The van der Waals surface area contributed by atoms with E-state index >= 15 is 0 Å². The molecule has 3 heterocycles. The van der Waals surface area contributed by atoms with Crippen molar-refractivity contribution in [2.75, 3.05) is 6.61 Å². The third-order valence-electron chi connectivity index (χ3n) is 4.75. The van der Waals surface area contributed by atoms with Crippen LogP contribution in [-0.2, 0) is 16.9 Å². The number of urea groups is 1. The van der Waals surface area contributed by atoms with Crippen LogP contribution in [0.15, 0.2) is 28.8 Å². The van der Waals surface area contributed by atoms with Gasteiger partial charge in [-0.1, -0.05) is 23.4 Å². The van der Waals surface area contributed by atoms with Crippen molar-refractivity contribution in [2.45, 2.75) is 32.4 Å². The maximum atomic E-state index is 13.1. The number of aryl methyl sites for hydroxylation is 2. The summed E-state index contributed by atoms with van der Waals surface area (Å²) in [6, 6.07) is 6.92. The Kier molecular flexibility index (Phi) is 3.13. The Hall–Kier alpha value is -2.83. The van der Waals surface area contributed by atoms with E-state index < -0.39 is 11.6 Å². The summed E-state index contributed by atoms with van der Waals surface area (Å²) in [7, 11) is 0. The molecule has 1 spiro atoms. The molecule has 2 aliphatic heterocycles. The Morgan fingerprint density at radius 1 is 1.29 bits per heavy atom. The Morgan fingerprint density at radius 2 is 2.08 bits per heavy atom. The van der Waals surface area contributed by atoms with Crippen LogP contribution in [0.3, 0.4) is 0 Å². The second-order valence-electron chi connectivity index (χ2n) is 6.12. The number of benzene rings is 1. The number of nitrogens with one attached hydrogen (secondary N) is 1. The molecule has 124 valence electrons. The molecule has 1 aromatic heterocycles. The topological polar surface area (TPSA) is 84.7 Å². The van der Waals surface area contributed by atoms with Crippen LogP contribution in [0.25, 0.3) is 0 Å². The molecule has 2 aliphatic rings. The van der Waals surface area contributed by atoms with Crippen molar-refractivity contribution in [3.8, 4) is 5.75 Å². The highest BCUT2D eigenvalue weighted by Gasteiger charge is 2.54. The fourth-order valence-electron chi connectivity index (χ4n) is 3.40. The Morgan fingerprint density at radius 3 is 2.83 bits per heavy atom. The minimum Gasteiger partial charge on any atom is -0.493 e. The fourth-order valence-corrected chi connectivity index (χ4v) is 3.40. The molecule has 1 fully saturated rings. The summed E-state index contributed by atoms with van der Waals surface area (Å²) in [4.78, 5) is 26.9. The lowest BCUT2D eigenvalue weighted by Crippen LogP contribution is -2.47. The van der Waals surface area contributed by atoms with Crippen molar-refractivity contribution < 1.29 is 18.8 Å². The lowest BCUT2D eigenvalue weighted by molar-refractivity contribution is -0.133. The normalized spacial score (nSPS) is 22.5. The van der Waals surface area contributed by atoms with Gasteiger partial charge in [-0.05, 0) is 19.9 Å². The molecule has 0 unspecified atom stereocenters. The molecular weight excluding hydrogens is 310 g/mol. The molecule has 2 aromatic rings. The fraction of sp³-hybridized carbons (Fsp3) is 0.353. The summed E-state index contributed by atoms with van der Waals surface area (Å²) in [5.41, 5.74) is 1.10. The minimum atomic E-state index is -1.05. The van der Waals surface area contributed by atoms with Gasteiger partial charge in [-0.15, -0.1) is 0 Å². The molecule has 0 saturated carbocycles. The zero-order chi connectivity index (χ0) is 16.9. The van der Waals surface area contributed by atoms with E-state index in [2.05, 4.69) is 10.5 Å². The standard InChI is InChI=1S/C17H17N3O4/c1-10-12(11(2)24-19-10)9-20-15(21)17(18-16(20)22)7-8-23-14-6-4-3-5-13(14)17/h3-6H,7-9H2,1-2H3,(H,18,22)/t17-/m0/s1. The van der Waals surface area contributed by atoms with Gasteiger partial charge >= 0.3 is 6.03 Å². The zero-order valence-corrected chi connectivity index (χ0v) is 13.5. The van der Waals surface area contributed by atoms with Crippen LogP contribution in [-0.4, -0.2) is 28.6 Å². The summed E-state index contributed by atoms with van der Waals surface area (Å²) in [5.74, 6) is 0.987. The van der Waals surface area contributed by atoms with Gasteiger partial charge in [0.05, 0.1) is 18.8 Å².